The number of aromatic nitrogens is 2. The van der Waals surface area contributed by atoms with Crippen molar-refractivity contribution in [3.8, 4) is 0 Å². The van der Waals surface area contributed by atoms with Crippen molar-refractivity contribution in [1.29, 1.82) is 0 Å². The Bertz CT molecular complexity index is 1130. The summed E-state index contributed by atoms with van der Waals surface area (Å²) in [4.78, 5) is 35.9. The predicted molar refractivity (Wildman–Crippen MR) is 136 cm³/mol. The average molecular weight is 471 g/mol. The van der Waals surface area contributed by atoms with Gasteiger partial charge in [-0.3, -0.25) is 18.9 Å². The lowest BCUT2D eigenvalue weighted by Crippen LogP contribution is -2.36. The molecule has 4 heterocycles. The quantitative estimate of drug-likeness (QED) is 0.349. The van der Waals surface area contributed by atoms with Crippen molar-refractivity contribution in [1.82, 2.24) is 14.3 Å². The molecule has 1 amide bonds. The molecule has 6 nitrogen and oxygen atoms in total. The Kier molecular flexibility index (Phi) is 7.00. The molecule has 0 atom stereocenters. The number of hydrogen-bond donors (Lipinski definition) is 0. The maximum absolute atomic E-state index is 13.6. The lowest BCUT2D eigenvalue weighted by atomic mass is 9.99. The fourth-order valence-corrected chi connectivity index (χ4v) is 5.47. The molecule has 32 heavy (non-hydrogen) atoms. The summed E-state index contributed by atoms with van der Waals surface area (Å²) in [6.07, 6.45) is 8.72. The lowest BCUT2D eigenvalue weighted by Gasteiger charge is -2.32. The van der Waals surface area contributed by atoms with Gasteiger partial charge in [-0.1, -0.05) is 56.7 Å². The number of carbonyl (C=O) groups excluding carboxylic acids is 1. The van der Waals surface area contributed by atoms with E-state index < -0.39 is 0 Å². The summed E-state index contributed by atoms with van der Waals surface area (Å²) < 4.78 is 2.15. The van der Waals surface area contributed by atoms with Crippen molar-refractivity contribution in [2.24, 2.45) is 5.92 Å². The number of piperidine rings is 1. The molecule has 170 valence electrons. The topological polar surface area (TPSA) is 57.9 Å². The van der Waals surface area contributed by atoms with Crippen molar-refractivity contribution >= 4 is 51.7 Å². The molecule has 2 aromatic rings. The van der Waals surface area contributed by atoms with Gasteiger partial charge in [-0.05, 0) is 49.8 Å². The van der Waals surface area contributed by atoms with E-state index in [4.69, 9.17) is 17.2 Å². The third-order valence-corrected chi connectivity index (χ3v) is 7.58. The van der Waals surface area contributed by atoms with E-state index >= 15 is 0 Å². The summed E-state index contributed by atoms with van der Waals surface area (Å²) in [5.74, 6) is 1.23. The minimum atomic E-state index is -0.149. The summed E-state index contributed by atoms with van der Waals surface area (Å²) in [5, 5.41) is 0. The van der Waals surface area contributed by atoms with Gasteiger partial charge in [0.2, 0.25) is 0 Å². The smallest absolute Gasteiger partial charge is 0.267 e. The SMILES string of the molecule is CCCCCN1C(=O)C(=Cc2c(N3CCC(C)CC3)nc3ccc(C)cn3c2=O)SC1=S. The summed E-state index contributed by atoms with van der Waals surface area (Å²) in [7, 11) is 0. The highest BCUT2D eigenvalue weighted by atomic mass is 32.2. The maximum atomic E-state index is 13.6. The van der Waals surface area contributed by atoms with Crippen molar-refractivity contribution in [3.63, 3.8) is 0 Å². The Hall–Kier alpha value is -2.19. The predicted octanol–water partition coefficient (Wildman–Crippen LogP) is 4.63. The van der Waals surface area contributed by atoms with Crippen LogP contribution < -0.4 is 10.5 Å². The van der Waals surface area contributed by atoms with Crippen molar-refractivity contribution < 1.29 is 4.79 Å². The zero-order chi connectivity index (χ0) is 22.8. The second-order valence-corrected chi connectivity index (χ2v) is 10.5. The van der Waals surface area contributed by atoms with E-state index in [0.717, 1.165) is 50.8 Å². The van der Waals surface area contributed by atoms with E-state index in [-0.39, 0.29) is 11.5 Å². The van der Waals surface area contributed by atoms with Gasteiger partial charge in [0.05, 0.1) is 10.5 Å². The summed E-state index contributed by atoms with van der Waals surface area (Å²) in [6.45, 7) is 8.68. The van der Waals surface area contributed by atoms with Gasteiger partial charge in [0, 0.05) is 25.8 Å². The molecular weight excluding hydrogens is 440 g/mol. The Morgan fingerprint density at radius 2 is 1.97 bits per heavy atom. The Morgan fingerprint density at radius 3 is 2.69 bits per heavy atom. The molecule has 2 aromatic heterocycles. The van der Waals surface area contributed by atoms with Gasteiger partial charge in [0.15, 0.2) is 0 Å². The van der Waals surface area contributed by atoms with Crippen molar-refractivity contribution in [2.45, 2.75) is 52.9 Å². The molecule has 0 aromatic carbocycles. The Labute approximate surface area is 198 Å². The molecule has 0 bridgehead atoms. The first-order valence-electron chi connectivity index (χ1n) is 11.4. The highest BCUT2D eigenvalue weighted by molar-refractivity contribution is 8.26. The normalized spacial score (nSPS) is 19.0. The van der Waals surface area contributed by atoms with E-state index in [1.165, 1.54) is 11.8 Å². The summed E-state index contributed by atoms with van der Waals surface area (Å²) >= 11 is 6.76. The van der Waals surface area contributed by atoms with E-state index in [9.17, 15) is 9.59 Å². The van der Waals surface area contributed by atoms with Crippen LogP contribution in [0.1, 0.15) is 57.1 Å². The highest BCUT2D eigenvalue weighted by Crippen LogP contribution is 2.34. The molecule has 0 unspecified atom stereocenters. The van der Waals surface area contributed by atoms with Crippen LogP contribution in [0, 0.1) is 12.8 Å². The number of hydrogen-bond acceptors (Lipinski definition) is 6. The molecular formula is C24H30N4O2S2. The first-order chi connectivity index (χ1) is 15.4. The van der Waals surface area contributed by atoms with Crippen molar-refractivity contribution in [2.75, 3.05) is 24.5 Å². The number of pyridine rings is 1. The molecule has 0 radical (unpaired) electrons. The van der Waals surface area contributed by atoms with E-state index in [2.05, 4.69) is 18.7 Å². The molecule has 0 N–H and O–H groups in total. The van der Waals surface area contributed by atoms with E-state index in [1.54, 1.807) is 21.6 Å². The average Bonchev–Trinajstić information content (AvgIpc) is 3.04. The second-order valence-electron chi connectivity index (χ2n) is 8.80. The number of aryl methyl sites for hydroxylation is 1. The van der Waals surface area contributed by atoms with Crippen LogP contribution in [0.4, 0.5) is 5.82 Å². The van der Waals surface area contributed by atoms with Gasteiger partial charge in [-0.15, -0.1) is 0 Å². The molecule has 2 saturated heterocycles. The van der Waals surface area contributed by atoms with Crippen LogP contribution in [0.25, 0.3) is 11.7 Å². The first-order valence-corrected chi connectivity index (χ1v) is 12.6. The summed E-state index contributed by atoms with van der Waals surface area (Å²) in [5.41, 5.74) is 1.92. The number of unbranched alkanes of at least 4 members (excludes halogenated alkanes) is 2. The fourth-order valence-electron chi connectivity index (χ4n) is 4.18. The minimum absolute atomic E-state index is 0.108. The van der Waals surface area contributed by atoms with Crippen LogP contribution in [0.3, 0.4) is 0 Å². The number of thioether (sulfide) groups is 1. The third-order valence-electron chi connectivity index (χ3n) is 6.20. The number of thiocarbonyl (C=S) groups is 1. The van der Waals surface area contributed by atoms with Crippen LogP contribution in [-0.4, -0.2) is 44.1 Å². The van der Waals surface area contributed by atoms with Gasteiger partial charge in [0.25, 0.3) is 11.5 Å². The highest BCUT2D eigenvalue weighted by Gasteiger charge is 2.32. The molecule has 0 spiro atoms. The Balaban J connectivity index is 1.77. The molecule has 2 fully saturated rings. The lowest BCUT2D eigenvalue weighted by molar-refractivity contribution is -0.122. The standard InChI is InChI=1S/C24H30N4O2S2/c1-4-5-6-11-27-23(30)19(32-24(27)31)14-18-21(26-12-9-16(2)10-13-26)25-20-8-7-17(3)15-28(20)22(18)29/h7-8,14-16H,4-6,9-13H2,1-3H3. The molecule has 4 rings (SSSR count). The zero-order valence-corrected chi connectivity index (χ0v) is 20.6. The zero-order valence-electron chi connectivity index (χ0n) is 19.0. The molecule has 0 saturated carbocycles. The van der Waals surface area contributed by atoms with Gasteiger partial charge in [-0.25, -0.2) is 4.98 Å². The monoisotopic (exact) mass is 470 g/mol. The Morgan fingerprint density at radius 1 is 1.22 bits per heavy atom. The number of rotatable bonds is 6. The van der Waals surface area contributed by atoms with Crippen LogP contribution >= 0.6 is 24.0 Å². The van der Waals surface area contributed by atoms with Crippen LogP contribution in [0.5, 0.6) is 0 Å². The number of nitrogens with zero attached hydrogens (tertiary/aromatic N) is 4. The van der Waals surface area contributed by atoms with Crippen LogP contribution in [0.15, 0.2) is 28.0 Å². The molecule has 2 aliphatic heterocycles. The van der Waals surface area contributed by atoms with E-state index in [0.29, 0.717) is 38.7 Å². The number of fused-ring (bicyclic) bond motifs is 1. The third kappa shape index (κ3) is 4.62. The molecule has 8 heteroatoms. The maximum Gasteiger partial charge on any atom is 0.267 e. The first kappa shape index (κ1) is 23.0. The van der Waals surface area contributed by atoms with Gasteiger partial charge >= 0.3 is 0 Å². The molecule has 0 aliphatic carbocycles. The van der Waals surface area contributed by atoms with E-state index in [1.807, 2.05) is 19.1 Å². The van der Waals surface area contributed by atoms with Gasteiger partial charge in [-0.2, -0.15) is 0 Å². The number of carbonyl (C=O) groups is 1. The number of anilines is 1. The second kappa shape index (κ2) is 9.75. The van der Waals surface area contributed by atoms with Crippen LogP contribution in [-0.2, 0) is 4.79 Å². The molecule has 2 aliphatic rings. The van der Waals surface area contributed by atoms with Gasteiger partial charge in [0.1, 0.15) is 15.8 Å². The minimum Gasteiger partial charge on any atom is -0.356 e. The van der Waals surface area contributed by atoms with Crippen molar-refractivity contribution in [3.05, 3.63) is 44.7 Å². The summed E-state index contributed by atoms with van der Waals surface area (Å²) in [6, 6.07) is 3.84. The van der Waals surface area contributed by atoms with Gasteiger partial charge < -0.3 is 4.90 Å². The van der Waals surface area contributed by atoms with Crippen LogP contribution in [0.2, 0.25) is 0 Å². The fraction of sp³-hybridized carbons (Fsp3) is 0.500. The number of amides is 1. The largest absolute Gasteiger partial charge is 0.356 e.